The summed E-state index contributed by atoms with van der Waals surface area (Å²) >= 11 is 1.57. The Hall–Kier alpha value is -2.45. The molecule has 1 aliphatic rings. The van der Waals surface area contributed by atoms with Gasteiger partial charge in [0.15, 0.2) is 0 Å². The Bertz CT molecular complexity index is 927. The largest absolute Gasteiger partial charge is 0.496 e. The molecule has 1 saturated heterocycles. The molecule has 1 aromatic heterocycles. The highest BCUT2D eigenvalue weighted by Gasteiger charge is 2.32. The van der Waals surface area contributed by atoms with Crippen molar-refractivity contribution < 1.29 is 14.3 Å². The molecule has 1 N–H and O–H groups in total. The van der Waals surface area contributed by atoms with Crippen molar-refractivity contribution in [2.45, 2.75) is 46.3 Å². The van der Waals surface area contributed by atoms with E-state index in [1.807, 2.05) is 31.4 Å². The van der Waals surface area contributed by atoms with E-state index in [9.17, 15) is 9.59 Å². The lowest BCUT2D eigenvalue weighted by Gasteiger charge is -2.35. The summed E-state index contributed by atoms with van der Waals surface area (Å²) in [6.07, 6.45) is 0.152. The van der Waals surface area contributed by atoms with E-state index in [0.717, 1.165) is 33.1 Å². The molecule has 0 unspecified atom stereocenters. The predicted octanol–water partition coefficient (Wildman–Crippen LogP) is 2.43. The van der Waals surface area contributed by atoms with Gasteiger partial charge in [0.1, 0.15) is 5.75 Å². The van der Waals surface area contributed by atoms with Crippen molar-refractivity contribution in [3.05, 3.63) is 44.9 Å². The van der Waals surface area contributed by atoms with Gasteiger partial charge in [0.25, 0.3) is 0 Å². The molecule has 2 amide bonds. The van der Waals surface area contributed by atoms with Gasteiger partial charge in [-0.2, -0.15) is 0 Å². The summed E-state index contributed by atoms with van der Waals surface area (Å²) in [6.45, 7) is 8.43. The maximum absolute atomic E-state index is 12.8. The van der Waals surface area contributed by atoms with E-state index in [1.165, 1.54) is 0 Å². The fourth-order valence-electron chi connectivity index (χ4n) is 3.77. The first-order valence-corrected chi connectivity index (χ1v) is 11.0. The number of hydrogen-bond donors (Lipinski definition) is 1. The molecule has 3 rings (SSSR count). The Labute approximate surface area is 182 Å². The summed E-state index contributed by atoms with van der Waals surface area (Å²) in [4.78, 5) is 33.6. The second-order valence-electron chi connectivity index (χ2n) is 7.77. The number of aromatic nitrogens is 1. The zero-order valence-corrected chi connectivity index (χ0v) is 19.1. The number of piperazine rings is 1. The maximum Gasteiger partial charge on any atom is 0.237 e. The van der Waals surface area contributed by atoms with Gasteiger partial charge in [0.05, 0.1) is 36.8 Å². The maximum atomic E-state index is 12.8. The van der Waals surface area contributed by atoms with Gasteiger partial charge in [-0.25, -0.2) is 4.98 Å². The molecule has 7 nitrogen and oxygen atoms in total. The lowest BCUT2D eigenvalue weighted by molar-refractivity contribution is -0.138. The van der Waals surface area contributed by atoms with E-state index in [2.05, 4.69) is 22.1 Å². The Balaban J connectivity index is 1.71. The first-order chi connectivity index (χ1) is 14.3. The molecule has 0 saturated carbocycles. The fourth-order valence-corrected chi connectivity index (χ4v) is 4.37. The van der Waals surface area contributed by atoms with Gasteiger partial charge in [0.2, 0.25) is 11.8 Å². The highest BCUT2D eigenvalue weighted by atomic mass is 32.1. The number of rotatable bonds is 7. The van der Waals surface area contributed by atoms with Crippen LogP contribution in [0.2, 0.25) is 0 Å². The zero-order valence-electron chi connectivity index (χ0n) is 18.3. The number of amides is 2. The number of carbonyl (C=O) groups excluding carboxylic acids is 2. The quantitative estimate of drug-likeness (QED) is 0.730. The summed E-state index contributed by atoms with van der Waals surface area (Å²) in [6, 6.07) is 3.53. The van der Waals surface area contributed by atoms with Crippen molar-refractivity contribution in [1.29, 1.82) is 0 Å². The van der Waals surface area contributed by atoms with Crippen molar-refractivity contribution in [2.24, 2.45) is 0 Å². The molecule has 1 atom stereocenters. The summed E-state index contributed by atoms with van der Waals surface area (Å²) < 4.78 is 5.41. The predicted molar refractivity (Wildman–Crippen MR) is 118 cm³/mol. The van der Waals surface area contributed by atoms with Crippen molar-refractivity contribution in [2.75, 3.05) is 27.2 Å². The van der Waals surface area contributed by atoms with Crippen LogP contribution in [0.4, 0.5) is 0 Å². The van der Waals surface area contributed by atoms with Crippen molar-refractivity contribution in [1.82, 2.24) is 20.1 Å². The molecule has 162 valence electrons. The van der Waals surface area contributed by atoms with Crippen LogP contribution < -0.4 is 10.1 Å². The van der Waals surface area contributed by atoms with Crippen LogP contribution in [0.3, 0.4) is 0 Å². The van der Waals surface area contributed by atoms with Crippen LogP contribution in [0.25, 0.3) is 0 Å². The third-order valence-electron chi connectivity index (χ3n) is 5.74. The average molecular weight is 431 g/mol. The zero-order chi connectivity index (χ0) is 21.8. The monoisotopic (exact) mass is 430 g/mol. The van der Waals surface area contributed by atoms with E-state index in [4.69, 9.17) is 4.74 Å². The molecular formula is C22H30N4O3S. The van der Waals surface area contributed by atoms with Crippen LogP contribution in [-0.4, -0.2) is 59.9 Å². The van der Waals surface area contributed by atoms with E-state index in [0.29, 0.717) is 26.2 Å². The van der Waals surface area contributed by atoms with Crippen LogP contribution in [0.15, 0.2) is 17.5 Å². The summed E-state index contributed by atoms with van der Waals surface area (Å²) in [5, 5.41) is 5.85. The van der Waals surface area contributed by atoms with Gasteiger partial charge in [-0.05, 0) is 43.5 Å². The summed E-state index contributed by atoms with van der Waals surface area (Å²) in [5.41, 5.74) is 4.28. The average Bonchev–Trinajstić information content (AvgIpc) is 3.12. The molecular weight excluding hydrogens is 400 g/mol. The second-order valence-corrected chi connectivity index (χ2v) is 8.83. The number of methoxy groups -OCH3 is 1. The first-order valence-electron chi connectivity index (χ1n) is 10.1. The van der Waals surface area contributed by atoms with Crippen LogP contribution in [0, 0.1) is 20.8 Å². The number of carbonyl (C=O) groups is 2. The van der Waals surface area contributed by atoms with Gasteiger partial charge in [-0.3, -0.25) is 14.5 Å². The molecule has 2 aromatic rings. The fraction of sp³-hybridized carbons (Fsp3) is 0.500. The number of ether oxygens (including phenoxy) is 1. The number of aryl methyl sites for hydroxylation is 1. The third-order valence-corrected chi connectivity index (χ3v) is 6.57. The number of benzene rings is 1. The minimum absolute atomic E-state index is 0.0599. The van der Waals surface area contributed by atoms with Crippen LogP contribution in [0.1, 0.15) is 33.8 Å². The van der Waals surface area contributed by atoms with E-state index >= 15 is 0 Å². The first kappa shape index (κ1) is 22.2. The molecule has 1 aliphatic heterocycles. The van der Waals surface area contributed by atoms with Crippen LogP contribution in [0.5, 0.6) is 5.75 Å². The SMILES string of the molecule is COc1ccc(CN2CCNC(=O)[C@H]2CC(=O)N(C)Cc2csc(C)n2)c(C)c1C. The second kappa shape index (κ2) is 9.57. The van der Waals surface area contributed by atoms with Crippen LogP contribution in [-0.2, 0) is 22.7 Å². The van der Waals surface area contributed by atoms with Gasteiger partial charge in [0, 0.05) is 32.1 Å². The van der Waals surface area contributed by atoms with Crippen molar-refractivity contribution in [3.63, 3.8) is 0 Å². The molecule has 1 fully saturated rings. The Morgan fingerprint density at radius 3 is 2.77 bits per heavy atom. The molecule has 0 spiro atoms. The van der Waals surface area contributed by atoms with E-state index in [-0.39, 0.29) is 18.2 Å². The minimum atomic E-state index is -0.479. The lowest BCUT2D eigenvalue weighted by Crippen LogP contribution is -2.56. The van der Waals surface area contributed by atoms with E-state index < -0.39 is 6.04 Å². The molecule has 8 heteroatoms. The molecule has 30 heavy (non-hydrogen) atoms. The standard InChI is InChI=1S/C22H30N4O3S/c1-14-15(2)20(29-5)7-6-17(14)11-26-9-8-23-22(28)19(26)10-21(27)25(4)12-18-13-30-16(3)24-18/h6-7,13,19H,8-12H2,1-5H3,(H,23,28)/t19-/m1/s1. The van der Waals surface area contributed by atoms with Crippen molar-refractivity contribution >= 4 is 23.2 Å². The lowest BCUT2D eigenvalue weighted by atomic mass is 10.00. The molecule has 0 radical (unpaired) electrons. The Morgan fingerprint density at radius 2 is 2.10 bits per heavy atom. The minimum Gasteiger partial charge on any atom is -0.496 e. The van der Waals surface area contributed by atoms with Crippen molar-refractivity contribution in [3.8, 4) is 5.75 Å². The normalized spacial score (nSPS) is 17.0. The Kier molecular flexibility index (Phi) is 7.10. The number of thiazole rings is 1. The number of nitrogens with zero attached hydrogens (tertiary/aromatic N) is 3. The van der Waals surface area contributed by atoms with Gasteiger partial charge < -0.3 is 15.0 Å². The summed E-state index contributed by atoms with van der Waals surface area (Å²) in [7, 11) is 3.43. The highest BCUT2D eigenvalue weighted by Crippen LogP contribution is 2.26. The molecule has 0 bridgehead atoms. The van der Waals surface area contributed by atoms with Gasteiger partial charge in [-0.1, -0.05) is 6.07 Å². The molecule has 1 aromatic carbocycles. The Morgan fingerprint density at radius 1 is 1.33 bits per heavy atom. The number of nitrogens with one attached hydrogen (secondary N) is 1. The molecule has 0 aliphatic carbocycles. The smallest absolute Gasteiger partial charge is 0.237 e. The third kappa shape index (κ3) is 4.99. The van der Waals surface area contributed by atoms with Gasteiger partial charge >= 0.3 is 0 Å². The topological polar surface area (TPSA) is 74.8 Å². The molecule has 2 heterocycles. The van der Waals surface area contributed by atoms with Crippen LogP contribution >= 0.6 is 11.3 Å². The number of hydrogen-bond acceptors (Lipinski definition) is 6. The van der Waals surface area contributed by atoms with E-state index in [1.54, 1.807) is 30.4 Å². The highest BCUT2D eigenvalue weighted by molar-refractivity contribution is 7.09. The summed E-state index contributed by atoms with van der Waals surface area (Å²) in [5.74, 6) is 0.712. The van der Waals surface area contributed by atoms with Gasteiger partial charge in [-0.15, -0.1) is 11.3 Å².